The molecule has 2 rings (SSSR count). The molecule has 0 radical (unpaired) electrons. The van der Waals surface area contributed by atoms with Crippen LogP contribution in [0.25, 0.3) is 0 Å². The molecule has 68 valence electrons. The van der Waals surface area contributed by atoms with E-state index in [1.807, 2.05) is 22.5 Å². The van der Waals surface area contributed by atoms with Crippen molar-refractivity contribution in [2.45, 2.75) is 18.9 Å². The molecular formula is C9H11N3S. The highest BCUT2D eigenvalue weighted by atomic mass is 32.2. The minimum absolute atomic E-state index is 0.499. The predicted octanol–water partition coefficient (Wildman–Crippen LogP) is 1.82. The number of aromatic nitrogens is 2. The first-order chi connectivity index (χ1) is 6.42. The van der Waals surface area contributed by atoms with Crippen LogP contribution < -0.4 is 0 Å². The van der Waals surface area contributed by atoms with Gasteiger partial charge in [0.2, 0.25) is 5.82 Å². The summed E-state index contributed by atoms with van der Waals surface area (Å²) in [5.41, 5.74) is 0. The minimum atomic E-state index is 0.499. The van der Waals surface area contributed by atoms with E-state index in [0.717, 1.165) is 12.8 Å². The van der Waals surface area contributed by atoms with E-state index in [9.17, 15) is 0 Å². The van der Waals surface area contributed by atoms with E-state index < -0.39 is 0 Å². The summed E-state index contributed by atoms with van der Waals surface area (Å²) in [5, 5.41) is 8.80. The molecule has 0 amide bonds. The third-order valence-corrected chi connectivity index (χ3v) is 3.40. The van der Waals surface area contributed by atoms with E-state index >= 15 is 0 Å². The van der Waals surface area contributed by atoms with Crippen molar-refractivity contribution in [3.05, 3.63) is 18.2 Å². The van der Waals surface area contributed by atoms with Crippen molar-refractivity contribution < 1.29 is 0 Å². The van der Waals surface area contributed by atoms with Crippen LogP contribution in [0, 0.1) is 11.3 Å². The van der Waals surface area contributed by atoms with Gasteiger partial charge in [-0.05, 0) is 24.3 Å². The maximum atomic E-state index is 8.80. The van der Waals surface area contributed by atoms with E-state index in [2.05, 4.69) is 11.1 Å². The van der Waals surface area contributed by atoms with Crippen molar-refractivity contribution >= 4 is 11.8 Å². The summed E-state index contributed by atoms with van der Waals surface area (Å²) in [4.78, 5) is 4.00. The van der Waals surface area contributed by atoms with Crippen LogP contribution >= 0.6 is 11.8 Å². The Morgan fingerprint density at radius 1 is 1.54 bits per heavy atom. The molecule has 0 atom stereocenters. The van der Waals surface area contributed by atoms with Gasteiger partial charge in [-0.25, -0.2) is 4.98 Å². The zero-order chi connectivity index (χ0) is 9.10. The van der Waals surface area contributed by atoms with E-state index in [0.29, 0.717) is 11.9 Å². The van der Waals surface area contributed by atoms with Gasteiger partial charge in [0.15, 0.2) is 0 Å². The van der Waals surface area contributed by atoms with Crippen LogP contribution in [0.4, 0.5) is 0 Å². The molecule has 0 bridgehead atoms. The molecule has 2 heterocycles. The largest absolute Gasteiger partial charge is 0.320 e. The molecule has 4 heteroatoms. The Kier molecular flexibility index (Phi) is 2.55. The predicted molar refractivity (Wildman–Crippen MR) is 52.5 cm³/mol. The number of thioether (sulfide) groups is 1. The summed E-state index contributed by atoms with van der Waals surface area (Å²) in [6, 6.07) is 2.62. The highest BCUT2D eigenvalue weighted by Gasteiger charge is 2.17. The van der Waals surface area contributed by atoms with Crippen LogP contribution in [0.1, 0.15) is 24.7 Å². The zero-order valence-corrected chi connectivity index (χ0v) is 8.13. The van der Waals surface area contributed by atoms with E-state index in [1.165, 1.54) is 11.5 Å². The van der Waals surface area contributed by atoms with Crippen LogP contribution in [0.2, 0.25) is 0 Å². The molecule has 1 aliphatic heterocycles. The monoisotopic (exact) mass is 193 g/mol. The Bertz CT molecular complexity index is 320. The van der Waals surface area contributed by atoms with Gasteiger partial charge in [0, 0.05) is 18.4 Å². The van der Waals surface area contributed by atoms with E-state index in [1.54, 1.807) is 6.20 Å². The Balaban J connectivity index is 2.19. The van der Waals surface area contributed by atoms with Crippen LogP contribution in [-0.4, -0.2) is 21.1 Å². The number of nitrogens with zero attached hydrogens (tertiary/aromatic N) is 3. The fraction of sp³-hybridized carbons (Fsp3) is 0.556. The molecule has 0 saturated carbocycles. The average Bonchev–Trinajstić information content (AvgIpc) is 2.67. The number of rotatable bonds is 1. The summed E-state index contributed by atoms with van der Waals surface area (Å²) >= 11 is 1.99. The molecule has 1 aromatic heterocycles. The summed E-state index contributed by atoms with van der Waals surface area (Å²) in [5.74, 6) is 2.96. The highest BCUT2D eigenvalue weighted by Crippen LogP contribution is 2.27. The van der Waals surface area contributed by atoms with E-state index in [4.69, 9.17) is 5.26 Å². The molecule has 0 aromatic carbocycles. The Hall–Kier alpha value is -0.950. The first-order valence-electron chi connectivity index (χ1n) is 4.42. The first kappa shape index (κ1) is 8.64. The smallest absolute Gasteiger partial charge is 0.212 e. The Labute approximate surface area is 81.8 Å². The van der Waals surface area contributed by atoms with Gasteiger partial charge < -0.3 is 4.57 Å². The third-order valence-electron chi connectivity index (χ3n) is 2.35. The summed E-state index contributed by atoms with van der Waals surface area (Å²) < 4.78 is 2.01. The number of nitriles is 1. The van der Waals surface area contributed by atoms with Gasteiger partial charge >= 0.3 is 0 Å². The fourth-order valence-electron chi connectivity index (χ4n) is 1.66. The highest BCUT2D eigenvalue weighted by molar-refractivity contribution is 7.99. The van der Waals surface area contributed by atoms with Gasteiger partial charge in [0.25, 0.3) is 0 Å². The second-order valence-electron chi connectivity index (χ2n) is 3.11. The van der Waals surface area contributed by atoms with Crippen LogP contribution in [0.3, 0.4) is 0 Å². The van der Waals surface area contributed by atoms with Crippen LogP contribution in [0.15, 0.2) is 12.4 Å². The van der Waals surface area contributed by atoms with Gasteiger partial charge in [-0.3, -0.25) is 0 Å². The lowest BCUT2D eigenvalue weighted by molar-refractivity contribution is 0.465. The normalized spacial score (nSPS) is 18.4. The molecule has 1 aromatic rings. The molecule has 0 aliphatic carbocycles. The van der Waals surface area contributed by atoms with Gasteiger partial charge in [-0.1, -0.05) is 0 Å². The molecule has 1 saturated heterocycles. The molecule has 13 heavy (non-hydrogen) atoms. The maximum absolute atomic E-state index is 8.80. The maximum Gasteiger partial charge on any atom is 0.212 e. The fourth-order valence-corrected chi connectivity index (χ4v) is 2.74. The number of imidazole rings is 1. The standard InChI is InChI=1S/C9H11N3S/c10-7-9-11-3-4-12(9)8-1-5-13-6-2-8/h3-4,8H,1-2,5-6H2. The van der Waals surface area contributed by atoms with Crippen molar-refractivity contribution in [3.63, 3.8) is 0 Å². The lowest BCUT2D eigenvalue weighted by atomic mass is 10.1. The van der Waals surface area contributed by atoms with Crippen LogP contribution in [0.5, 0.6) is 0 Å². The molecule has 0 unspecified atom stereocenters. The van der Waals surface area contributed by atoms with Gasteiger partial charge in [0.1, 0.15) is 6.07 Å². The second kappa shape index (κ2) is 3.84. The van der Waals surface area contributed by atoms with Crippen molar-refractivity contribution in [3.8, 4) is 6.07 Å². The number of hydrogen-bond acceptors (Lipinski definition) is 3. The minimum Gasteiger partial charge on any atom is -0.320 e. The Morgan fingerprint density at radius 2 is 2.31 bits per heavy atom. The SMILES string of the molecule is N#Cc1nccn1C1CCSCC1. The van der Waals surface area contributed by atoms with Crippen molar-refractivity contribution in [2.75, 3.05) is 11.5 Å². The summed E-state index contributed by atoms with van der Waals surface area (Å²) in [6.07, 6.45) is 5.95. The zero-order valence-electron chi connectivity index (χ0n) is 7.31. The average molecular weight is 193 g/mol. The van der Waals surface area contributed by atoms with Gasteiger partial charge in [-0.15, -0.1) is 0 Å². The Morgan fingerprint density at radius 3 is 3.00 bits per heavy atom. The topological polar surface area (TPSA) is 41.6 Å². The van der Waals surface area contributed by atoms with Crippen molar-refractivity contribution in [1.82, 2.24) is 9.55 Å². The molecule has 1 aliphatic rings. The molecular weight excluding hydrogens is 182 g/mol. The third kappa shape index (κ3) is 1.70. The second-order valence-corrected chi connectivity index (χ2v) is 4.34. The summed E-state index contributed by atoms with van der Waals surface area (Å²) in [6.45, 7) is 0. The number of hydrogen-bond donors (Lipinski definition) is 0. The lowest BCUT2D eigenvalue weighted by Gasteiger charge is -2.22. The van der Waals surface area contributed by atoms with Gasteiger partial charge in [-0.2, -0.15) is 17.0 Å². The molecule has 0 spiro atoms. The van der Waals surface area contributed by atoms with E-state index in [-0.39, 0.29) is 0 Å². The molecule has 3 nitrogen and oxygen atoms in total. The molecule has 0 N–H and O–H groups in total. The quantitative estimate of drug-likeness (QED) is 0.683. The first-order valence-corrected chi connectivity index (χ1v) is 5.58. The van der Waals surface area contributed by atoms with Crippen LogP contribution in [-0.2, 0) is 0 Å². The summed E-state index contributed by atoms with van der Waals surface area (Å²) in [7, 11) is 0. The van der Waals surface area contributed by atoms with Crippen molar-refractivity contribution in [1.29, 1.82) is 5.26 Å². The lowest BCUT2D eigenvalue weighted by Crippen LogP contribution is -2.15. The molecule has 1 fully saturated rings. The van der Waals surface area contributed by atoms with Crippen molar-refractivity contribution in [2.24, 2.45) is 0 Å². The van der Waals surface area contributed by atoms with Gasteiger partial charge in [0.05, 0.1) is 0 Å².